The zero-order chi connectivity index (χ0) is 14.0. The van der Waals surface area contributed by atoms with Crippen LogP contribution < -0.4 is 4.74 Å². The number of alkyl halides is 2. The molecule has 0 aromatic heterocycles. The quantitative estimate of drug-likeness (QED) is 0.830. The van der Waals surface area contributed by atoms with Crippen molar-refractivity contribution in [3.8, 4) is 5.75 Å². The molecule has 0 saturated heterocycles. The molecule has 0 unspecified atom stereocenters. The van der Waals surface area contributed by atoms with Gasteiger partial charge in [-0.25, -0.2) is 8.42 Å². The van der Waals surface area contributed by atoms with Crippen molar-refractivity contribution in [1.82, 2.24) is 0 Å². The zero-order valence-electron chi connectivity index (χ0n) is 10.5. The third kappa shape index (κ3) is 2.98. The molecule has 0 saturated carbocycles. The Bertz CT molecular complexity index is 493. The van der Waals surface area contributed by atoms with Crippen LogP contribution in [0.5, 0.6) is 5.75 Å². The van der Waals surface area contributed by atoms with E-state index in [-0.39, 0.29) is 10.6 Å². The average Bonchev–Trinajstić information content (AvgIpc) is 2.28. The molecule has 3 nitrogen and oxygen atoms in total. The standard InChI is InChI=1S/C12H16F2O3S/c1-4-12(2,3)18(15,16)10-7-5-9(6-8-10)17-11(13)14/h5-8,11H,4H2,1-3H3. The van der Waals surface area contributed by atoms with Gasteiger partial charge >= 0.3 is 6.61 Å². The lowest BCUT2D eigenvalue weighted by Crippen LogP contribution is -2.30. The van der Waals surface area contributed by atoms with Gasteiger partial charge in [-0.3, -0.25) is 0 Å². The molecular formula is C12H16F2O3S. The highest BCUT2D eigenvalue weighted by Crippen LogP contribution is 2.29. The van der Waals surface area contributed by atoms with Crippen molar-refractivity contribution in [2.24, 2.45) is 0 Å². The first-order valence-electron chi connectivity index (χ1n) is 5.50. The van der Waals surface area contributed by atoms with Crippen LogP contribution in [0.1, 0.15) is 27.2 Å². The molecule has 0 heterocycles. The second-order valence-electron chi connectivity index (χ2n) is 4.47. The number of sulfone groups is 1. The van der Waals surface area contributed by atoms with E-state index in [1.807, 2.05) is 0 Å². The predicted molar refractivity (Wildman–Crippen MR) is 64.6 cm³/mol. The van der Waals surface area contributed by atoms with E-state index in [4.69, 9.17) is 0 Å². The fourth-order valence-electron chi connectivity index (χ4n) is 1.31. The largest absolute Gasteiger partial charge is 0.435 e. The lowest BCUT2D eigenvalue weighted by atomic mass is 10.1. The number of hydrogen-bond donors (Lipinski definition) is 0. The van der Waals surface area contributed by atoms with Crippen molar-refractivity contribution < 1.29 is 21.9 Å². The van der Waals surface area contributed by atoms with Gasteiger partial charge in [-0.05, 0) is 44.5 Å². The van der Waals surface area contributed by atoms with E-state index in [0.717, 1.165) is 0 Å². The molecule has 0 radical (unpaired) electrons. The smallest absolute Gasteiger partial charge is 0.387 e. The maximum atomic E-state index is 12.2. The molecule has 102 valence electrons. The van der Waals surface area contributed by atoms with Gasteiger partial charge in [0.2, 0.25) is 0 Å². The Balaban J connectivity index is 3.06. The number of hydrogen-bond acceptors (Lipinski definition) is 3. The maximum Gasteiger partial charge on any atom is 0.387 e. The van der Waals surface area contributed by atoms with E-state index in [1.54, 1.807) is 20.8 Å². The second-order valence-corrected chi connectivity index (χ2v) is 7.05. The van der Waals surface area contributed by atoms with Gasteiger partial charge in [-0.2, -0.15) is 8.78 Å². The summed E-state index contributed by atoms with van der Waals surface area (Å²) in [5, 5.41) is 0. The number of ether oxygens (including phenoxy) is 1. The summed E-state index contributed by atoms with van der Waals surface area (Å²) >= 11 is 0. The van der Waals surface area contributed by atoms with Crippen molar-refractivity contribution >= 4 is 9.84 Å². The Hall–Kier alpha value is -1.17. The van der Waals surface area contributed by atoms with Gasteiger partial charge in [0.25, 0.3) is 0 Å². The summed E-state index contributed by atoms with van der Waals surface area (Å²) < 4.78 is 51.7. The molecule has 0 aliphatic heterocycles. The molecule has 0 amide bonds. The van der Waals surface area contributed by atoms with Crippen LogP contribution in [0, 0.1) is 0 Å². The maximum absolute atomic E-state index is 12.2. The molecule has 0 spiro atoms. The Morgan fingerprint density at radius 3 is 2.11 bits per heavy atom. The van der Waals surface area contributed by atoms with E-state index in [2.05, 4.69) is 4.74 Å². The average molecular weight is 278 g/mol. The van der Waals surface area contributed by atoms with Crippen molar-refractivity contribution in [1.29, 1.82) is 0 Å². The van der Waals surface area contributed by atoms with E-state index in [9.17, 15) is 17.2 Å². The van der Waals surface area contributed by atoms with Gasteiger partial charge in [-0.1, -0.05) is 6.92 Å². The van der Waals surface area contributed by atoms with Gasteiger partial charge in [0.15, 0.2) is 9.84 Å². The van der Waals surface area contributed by atoms with Crippen molar-refractivity contribution in [2.75, 3.05) is 0 Å². The molecule has 0 aliphatic rings. The first-order valence-corrected chi connectivity index (χ1v) is 6.98. The molecule has 1 aromatic carbocycles. The minimum Gasteiger partial charge on any atom is -0.435 e. The third-order valence-corrected chi connectivity index (χ3v) is 5.57. The van der Waals surface area contributed by atoms with Gasteiger partial charge < -0.3 is 4.74 Å². The summed E-state index contributed by atoms with van der Waals surface area (Å²) in [5.74, 6) is -0.0572. The van der Waals surface area contributed by atoms with Crippen LogP contribution in [0.4, 0.5) is 8.78 Å². The number of benzene rings is 1. The van der Waals surface area contributed by atoms with Gasteiger partial charge in [0.1, 0.15) is 5.75 Å². The molecule has 18 heavy (non-hydrogen) atoms. The minimum atomic E-state index is -3.48. The molecule has 0 fully saturated rings. The second kappa shape index (κ2) is 5.22. The van der Waals surface area contributed by atoms with E-state index in [1.165, 1.54) is 24.3 Å². The van der Waals surface area contributed by atoms with Crippen molar-refractivity contribution in [3.05, 3.63) is 24.3 Å². The topological polar surface area (TPSA) is 43.4 Å². The molecule has 0 N–H and O–H groups in total. The third-order valence-electron chi connectivity index (χ3n) is 2.94. The van der Waals surface area contributed by atoms with Crippen LogP contribution >= 0.6 is 0 Å². The summed E-state index contributed by atoms with van der Waals surface area (Å²) in [5.41, 5.74) is 0. The summed E-state index contributed by atoms with van der Waals surface area (Å²) in [6.45, 7) is 2.13. The normalized spacial score (nSPS) is 12.8. The van der Waals surface area contributed by atoms with Crippen LogP contribution in [0.15, 0.2) is 29.2 Å². The Labute approximate surface area is 106 Å². The highest BCUT2D eigenvalue weighted by molar-refractivity contribution is 7.92. The number of halogens is 2. The fourth-order valence-corrected chi connectivity index (χ4v) is 2.82. The summed E-state index contributed by atoms with van der Waals surface area (Å²) in [4.78, 5) is 0.107. The van der Waals surface area contributed by atoms with Crippen LogP contribution in [0.25, 0.3) is 0 Å². The van der Waals surface area contributed by atoms with Crippen molar-refractivity contribution in [2.45, 2.75) is 43.4 Å². The van der Waals surface area contributed by atoms with Gasteiger partial charge in [0.05, 0.1) is 9.64 Å². The lowest BCUT2D eigenvalue weighted by molar-refractivity contribution is -0.0498. The van der Waals surface area contributed by atoms with E-state index >= 15 is 0 Å². The molecule has 1 aromatic rings. The van der Waals surface area contributed by atoms with Crippen molar-refractivity contribution in [3.63, 3.8) is 0 Å². The van der Waals surface area contributed by atoms with Crippen LogP contribution in [0.2, 0.25) is 0 Å². The molecule has 0 aliphatic carbocycles. The highest BCUT2D eigenvalue weighted by atomic mass is 32.2. The predicted octanol–water partition coefficient (Wildman–Crippen LogP) is 3.25. The first kappa shape index (κ1) is 14.9. The monoisotopic (exact) mass is 278 g/mol. The van der Waals surface area contributed by atoms with Gasteiger partial charge in [0, 0.05) is 0 Å². The zero-order valence-corrected chi connectivity index (χ0v) is 11.3. The molecule has 0 bridgehead atoms. The fraction of sp³-hybridized carbons (Fsp3) is 0.500. The summed E-state index contributed by atoms with van der Waals surface area (Å²) in [6, 6.07) is 5.02. The minimum absolute atomic E-state index is 0.0572. The van der Waals surface area contributed by atoms with E-state index in [0.29, 0.717) is 6.42 Å². The molecule has 6 heteroatoms. The summed E-state index contributed by atoms with van der Waals surface area (Å²) in [6.07, 6.45) is 0.463. The molecule has 1 rings (SSSR count). The summed E-state index contributed by atoms with van der Waals surface area (Å²) in [7, 11) is -3.48. The molecule has 0 atom stereocenters. The Kier molecular flexibility index (Phi) is 4.32. The van der Waals surface area contributed by atoms with Gasteiger partial charge in [-0.15, -0.1) is 0 Å². The van der Waals surface area contributed by atoms with Crippen LogP contribution in [-0.4, -0.2) is 19.8 Å². The Morgan fingerprint density at radius 2 is 1.72 bits per heavy atom. The van der Waals surface area contributed by atoms with Crippen LogP contribution in [0.3, 0.4) is 0 Å². The van der Waals surface area contributed by atoms with E-state index < -0.39 is 21.2 Å². The molecular weight excluding hydrogens is 262 g/mol. The lowest BCUT2D eigenvalue weighted by Gasteiger charge is -2.23. The number of rotatable bonds is 5. The van der Waals surface area contributed by atoms with Crippen LogP contribution in [-0.2, 0) is 9.84 Å². The first-order chi connectivity index (χ1) is 8.20. The highest BCUT2D eigenvalue weighted by Gasteiger charge is 2.33. The SMILES string of the molecule is CCC(C)(C)S(=O)(=O)c1ccc(OC(F)F)cc1. The Morgan fingerprint density at radius 1 is 1.22 bits per heavy atom.